The van der Waals surface area contributed by atoms with Gasteiger partial charge in [-0.2, -0.15) is 9.97 Å². The summed E-state index contributed by atoms with van der Waals surface area (Å²) >= 11 is 0. The van der Waals surface area contributed by atoms with Gasteiger partial charge in [0.1, 0.15) is 0 Å². The molecule has 0 aliphatic heterocycles. The van der Waals surface area contributed by atoms with E-state index < -0.39 is 0 Å². The minimum atomic E-state index is 0.596. The van der Waals surface area contributed by atoms with Gasteiger partial charge < -0.3 is 0 Å². The highest BCUT2D eigenvalue weighted by Gasteiger charge is 2.29. The standard InChI is InChI=1S/C40H22N6/c1-2-12-24-23(11-1)21-22-33-34(24)29-17-7-10-20-32(29)46(33)40-42-37-28-16-4-3-15-27(28)36-35(37)38(44-40)43-39(41-36)45-30-18-8-5-13-25(30)26-14-6-9-19-31(26)45/h1-22H. The van der Waals surface area contributed by atoms with Crippen LogP contribution in [-0.4, -0.2) is 29.1 Å². The van der Waals surface area contributed by atoms with Gasteiger partial charge in [0, 0.05) is 32.7 Å². The zero-order valence-corrected chi connectivity index (χ0v) is 24.4. The molecule has 1 aliphatic rings. The van der Waals surface area contributed by atoms with Crippen molar-refractivity contribution in [3.8, 4) is 34.4 Å². The van der Waals surface area contributed by atoms with Gasteiger partial charge in [-0.25, -0.2) is 9.97 Å². The van der Waals surface area contributed by atoms with Gasteiger partial charge in [-0.3, -0.25) is 9.13 Å². The van der Waals surface area contributed by atoms with E-state index in [2.05, 4.69) is 143 Å². The Morgan fingerprint density at radius 3 is 1.46 bits per heavy atom. The largest absolute Gasteiger partial charge is 0.278 e. The summed E-state index contributed by atoms with van der Waals surface area (Å²) in [5.41, 5.74) is 8.70. The van der Waals surface area contributed by atoms with Crippen molar-refractivity contribution in [2.24, 2.45) is 0 Å². The summed E-state index contributed by atoms with van der Waals surface area (Å²) in [4.78, 5) is 21.0. The van der Waals surface area contributed by atoms with Crippen molar-refractivity contribution in [2.75, 3.05) is 0 Å². The number of fused-ring (bicyclic) bond motifs is 11. The maximum Gasteiger partial charge on any atom is 0.237 e. The Morgan fingerprint density at radius 2 is 0.826 bits per heavy atom. The van der Waals surface area contributed by atoms with Gasteiger partial charge >= 0.3 is 0 Å². The average Bonchev–Trinajstić information content (AvgIpc) is 3.75. The third-order valence-corrected chi connectivity index (χ3v) is 9.51. The first-order chi connectivity index (χ1) is 22.8. The van der Waals surface area contributed by atoms with Crippen LogP contribution in [0.5, 0.6) is 0 Å². The quantitative estimate of drug-likeness (QED) is 0.202. The van der Waals surface area contributed by atoms with Crippen LogP contribution in [0.15, 0.2) is 133 Å². The van der Waals surface area contributed by atoms with E-state index in [1.165, 1.54) is 32.3 Å². The van der Waals surface area contributed by atoms with Crippen LogP contribution in [0.2, 0.25) is 0 Å². The number of rotatable bonds is 2. The van der Waals surface area contributed by atoms with Crippen LogP contribution in [0.3, 0.4) is 0 Å². The van der Waals surface area contributed by atoms with Crippen molar-refractivity contribution < 1.29 is 0 Å². The van der Waals surface area contributed by atoms with E-state index in [1.54, 1.807) is 0 Å². The van der Waals surface area contributed by atoms with Gasteiger partial charge in [0.05, 0.1) is 38.8 Å². The minimum Gasteiger partial charge on any atom is -0.278 e. The molecule has 0 bridgehead atoms. The molecule has 0 unspecified atom stereocenters. The van der Waals surface area contributed by atoms with Crippen LogP contribution in [0.25, 0.3) is 99.8 Å². The molecule has 4 heterocycles. The van der Waals surface area contributed by atoms with E-state index in [9.17, 15) is 0 Å². The Balaban J connectivity index is 1.28. The number of hydrogen-bond donors (Lipinski definition) is 0. The van der Waals surface area contributed by atoms with E-state index in [4.69, 9.17) is 19.9 Å². The van der Waals surface area contributed by atoms with Crippen molar-refractivity contribution >= 4 is 65.4 Å². The first-order valence-corrected chi connectivity index (χ1v) is 15.4. The van der Waals surface area contributed by atoms with Crippen LogP contribution in [-0.2, 0) is 0 Å². The van der Waals surface area contributed by atoms with E-state index in [0.29, 0.717) is 17.5 Å². The van der Waals surface area contributed by atoms with Crippen LogP contribution in [0, 0.1) is 0 Å². The summed E-state index contributed by atoms with van der Waals surface area (Å²) in [6.45, 7) is 0. The van der Waals surface area contributed by atoms with Gasteiger partial charge in [-0.1, -0.05) is 109 Å². The molecule has 0 amide bonds. The minimum absolute atomic E-state index is 0.596. The van der Waals surface area contributed by atoms with Crippen molar-refractivity contribution in [3.63, 3.8) is 0 Å². The predicted molar refractivity (Wildman–Crippen MR) is 186 cm³/mol. The van der Waals surface area contributed by atoms with E-state index in [-0.39, 0.29) is 0 Å². The molecule has 4 aromatic heterocycles. The highest BCUT2D eigenvalue weighted by Crippen LogP contribution is 2.46. The Hall–Kier alpha value is -6.40. The summed E-state index contributed by atoms with van der Waals surface area (Å²) in [6, 6.07) is 46.7. The number of nitrogens with zero attached hydrogens (tertiary/aromatic N) is 6. The van der Waals surface area contributed by atoms with Gasteiger partial charge in [0.15, 0.2) is 5.65 Å². The summed E-state index contributed by atoms with van der Waals surface area (Å²) in [5.74, 6) is 1.19. The Labute approximate surface area is 261 Å². The van der Waals surface area contributed by atoms with Crippen LogP contribution < -0.4 is 0 Å². The normalized spacial score (nSPS) is 12.3. The molecule has 6 nitrogen and oxygen atoms in total. The fourth-order valence-electron chi connectivity index (χ4n) is 7.59. The molecule has 1 aliphatic carbocycles. The first-order valence-electron chi connectivity index (χ1n) is 15.4. The topological polar surface area (TPSA) is 61.4 Å². The number of aromatic nitrogens is 6. The Bertz CT molecular complexity index is 2880. The average molecular weight is 587 g/mol. The molecule has 212 valence electrons. The fraction of sp³-hybridized carbons (Fsp3) is 0. The third kappa shape index (κ3) is 3.00. The Morgan fingerprint density at radius 1 is 0.348 bits per heavy atom. The van der Waals surface area contributed by atoms with Gasteiger partial charge in [0.2, 0.25) is 11.9 Å². The zero-order valence-electron chi connectivity index (χ0n) is 24.4. The van der Waals surface area contributed by atoms with Crippen LogP contribution >= 0.6 is 0 Å². The number of para-hydroxylation sites is 3. The van der Waals surface area contributed by atoms with Crippen molar-refractivity contribution in [1.82, 2.24) is 29.1 Å². The molecule has 0 saturated carbocycles. The molecule has 6 heteroatoms. The SMILES string of the molecule is c1ccc2c(c1)-c1nc(-n3c4ccccc4c4ccccc43)nc3nc(-n4c5ccccc5c5c6ccccc6ccc54)nc-2c13. The second-order valence-electron chi connectivity index (χ2n) is 11.9. The first kappa shape index (κ1) is 24.0. The van der Waals surface area contributed by atoms with Crippen molar-refractivity contribution in [3.05, 3.63) is 133 Å². The molecule has 6 aromatic carbocycles. The maximum absolute atomic E-state index is 5.29. The van der Waals surface area contributed by atoms with E-state index in [0.717, 1.165) is 50.0 Å². The molecule has 0 radical (unpaired) electrons. The summed E-state index contributed by atoms with van der Waals surface area (Å²) < 4.78 is 4.35. The van der Waals surface area contributed by atoms with Crippen molar-refractivity contribution in [1.29, 1.82) is 0 Å². The number of hydrogen-bond acceptors (Lipinski definition) is 4. The molecule has 0 atom stereocenters. The lowest BCUT2D eigenvalue weighted by molar-refractivity contribution is 0.976. The summed E-state index contributed by atoms with van der Waals surface area (Å²) in [7, 11) is 0. The molecule has 10 aromatic rings. The molecule has 11 rings (SSSR count). The van der Waals surface area contributed by atoms with E-state index >= 15 is 0 Å². The summed E-state index contributed by atoms with van der Waals surface area (Å²) in [6.07, 6.45) is 0. The lowest BCUT2D eigenvalue weighted by Crippen LogP contribution is -2.06. The van der Waals surface area contributed by atoms with Gasteiger partial charge in [0.25, 0.3) is 0 Å². The highest BCUT2D eigenvalue weighted by molar-refractivity contribution is 6.21. The number of benzene rings is 6. The second kappa shape index (κ2) is 8.61. The smallest absolute Gasteiger partial charge is 0.237 e. The van der Waals surface area contributed by atoms with Gasteiger partial charge in [-0.15, -0.1) is 0 Å². The fourth-order valence-corrected chi connectivity index (χ4v) is 7.59. The lowest BCUT2D eigenvalue weighted by atomic mass is 10.0. The molecule has 0 saturated heterocycles. The third-order valence-electron chi connectivity index (χ3n) is 9.51. The zero-order chi connectivity index (χ0) is 29.9. The Kier molecular flexibility index (Phi) is 4.49. The summed E-state index contributed by atoms with van der Waals surface area (Å²) in [5, 5.41) is 8.01. The lowest BCUT2D eigenvalue weighted by Gasteiger charge is -2.11. The molecule has 0 spiro atoms. The molecular weight excluding hydrogens is 564 g/mol. The van der Waals surface area contributed by atoms with Crippen molar-refractivity contribution in [2.45, 2.75) is 0 Å². The van der Waals surface area contributed by atoms with E-state index in [1.807, 2.05) is 0 Å². The molecule has 46 heavy (non-hydrogen) atoms. The molecule has 0 N–H and O–H groups in total. The monoisotopic (exact) mass is 586 g/mol. The maximum atomic E-state index is 5.29. The molecular formula is C40H22N6. The highest BCUT2D eigenvalue weighted by atomic mass is 15.2. The predicted octanol–water partition coefficient (Wildman–Crippen LogP) is 9.41. The van der Waals surface area contributed by atoms with Crippen LogP contribution in [0.1, 0.15) is 0 Å². The van der Waals surface area contributed by atoms with Crippen LogP contribution in [0.4, 0.5) is 0 Å². The second-order valence-corrected chi connectivity index (χ2v) is 11.9. The van der Waals surface area contributed by atoms with Gasteiger partial charge in [-0.05, 0) is 35.0 Å². The molecule has 0 fully saturated rings.